The molecule has 308 valence electrons. The van der Waals surface area contributed by atoms with E-state index in [2.05, 4.69) is 16.0 Å². The van der Waals surface area contributed by atoms with Gasteiger partial charge in [-0.25, -0.2) is 13.6 Å². The number of likely N-dealkylation sites (N-methyl/N-ethyl adjacent to an activating group) is 1. The average molecular weight is 787 g/mol. The largest absolute Gasteiger partial charge is 0.461 e. The lowest BCUT2D eigenvalue weighted by Crippen LogP contribution is -2.60. The maximum Gasteiger partial charge on any atom is 0.328 e. The van der Waals surface area contributed by atoms with Crippen LogP contribution in [0, 0.1) is 17.6 Å². The number of esters is 1. The first-order valence-electron chi connectivity index (χ1n) is 20.1. The Morgan fingerprint density at radius 3 is 2.16 bits per heavy atom. The molecule has 0 radical (unpaired) electrons. The molecule has 4 aliphatic rings. The van der Waals surface area contributed by atoms with Crippen LogP contribution >= 0.6 is 0 Å². The Balaban J connectivity index is 1.38. The molecular weight excluding hydrogens is 730 g/mol. The molecule has 4 fully saturated rings. The van der Waals surface area contributed by atoms with Crippen LogP contribution in [0.5, 0.6) is 0 Å². The van der Waals surface area contributed by atoms with Gasteiger partial charge < -0.3 is 35.4 Å². The lowest BCUT2D eigenvalue weighted by molar-refractivity contribution is -0.158. The predicted octanol–water partition coefficient (Wildman–Crippen LogP) is 2.51. The molecule has 1 saturated carbocycles. The number of hydrogen-bond donors (Lipinski definition) is 3. The molecule has 3 aliphatic heterocycles. The van der Waals surface area contributed by atoms with Crippen LogP contribution < -0.4 is 16.0 Å². The molecule has 0 unspecified atom stereocenters. The Hall–Kier alpha value is -4.63. The summed E-state index contributed by atoms with van der Waals surface area (Å²) in [5, 5.41) is 7.93. The summed E-state index contributed by atoms with van der Waals surface area (Å²) in [5.74, 6) is -5.62. The smallest absolute Gasteiger partial charge is 0.328 e. The Morgan fingerprint density at radius 1 is 0.839 bits per heavy atom. The molecule has 0 spiro atoms. The van der Waals surface area contributed by atoms with Crippen molar-refractivity contribution in [3.05, 3.63) is 35.4 Å². The average Bonchev–Trinajstić information content (AvgIpc) is 3.87. The van der Waals surface area contributed by atoms with E-state index < -0.39 is 95.9 Å². The van der Waals surface area contributed by atoms with Crippen molar-refractivity contribution in [2.75, 3.05) is 26.7 Å². The zero-order chi connectivity index (χ0) is 40.5. The highest BCUT2D eigenvalue weighted by molar-refractivity contribution is 5.97. The summed E-state index contributed by atoms with van der Waals surface area (Å²) in [6.07, 6.45) is 9.73. The van der Waals surface area contributed by atoms with Gasteiger partial charge in [-0.15, -0.1) is 0 Å². The first-order chi connectivity index (χ1) is 26.7. The van der Waals surface area contributed by atoms with Gasteiger partial charge in [-0.2, -0.15) is 0 Å². The van der Waals surface area contributed by atoms with Crippen molar-refractivity contribution < 1.29 is 47.1 Å². The van der Waals surface area contributed by atoms with Crippen molar-refractivity contribution in [2.24, 2.45) is 5.92 Å². The Labute approximate surface area is 326 Å². The van der Waals surface area contributed by atoms with E-state index in [1.54, 1.807) is 0 Å². The second-order valence-electron chi connectivity index (χ2n) is 15.8. The summed E-state index contributed by atoms with van der Waals surface area (Å²) in [6.45, 7) is 2.70. The van der Waals surface area contributed by atoms with Gasteiger partial charge in [0.25, 0.3) is 0 Å². The molecule has 6 atom stereocenters. The number of hydrogen-bond acceptors (Lipinski definition) is 8. The van der Waals surface area contributed by atoms with E-state index in [9.17, 15) is 42.3 Å². The van der Waals surface area contributed by atoms with Crippen LogP contribution in [0.2, 0.25) is 0 Å². The summed E-state index contributed by atoms with van der Waals surface area (Å²) in [6, 6.07) is -4.17. The van der Waals surface area contributed by atoms with Crippen molar-refractivity contribution in [3.63, 3.8) is 0 Å². The number of unbranched alkanes of at least 4 members (excludes halogenated alkanes) is 1. The van der Waals surface area contributed by atoms with Crippen LogP contribution in [-0.2, 0) is 44.7 Å². The van der Waals surface area contributed by atoms with Gasteiger partial charge in [0, 0.05) is 39.0 Å². The second-order valence-corrected chi connectivity index (χ2v) is 15.8. The Bertz CT molecular complexity index is 1620. The number of rotatable bonds is 10. The van der Waals surface area contributed by atoms with Gasteiger partial charge in [0.1, 0.15) is 54.5 Å². The van der Waals surface area contributed by atoms with E-state index >= 15 is 0 Å². The molecule has 5 rings (SSSR count). The number of amides is 6. The number of nitrogens with zero attached hydrogens (tertiary/aromatic N) is 3. The lowest BCUT2D eigenvalue weighted by atomic mass is 9.85. The van der Waals surface area contributed by atoms with E-state index in [-0.39, 0.29) is 44.3 Å². The molecular formula is C40H56F2N6O8. The number of benzene rings is 1. The fourth-order valence-electron chi connectivity index (χ4n) is 8.35. The Morgan fingerprint density at radius 2 is 1.48 bits per heavy atom. The van der Waals surface area contributed by atoms with Crippen molar-refractivity contribution >= 4 is 41.4 Å². The molecule has 1 aliphatic carbocycles. The molecule has 0 bridgehead atoms. The predicted molar refractivity (Wildman–Crippen MR) is 199 cm³/mol. The van der Waals surface area contributed by atoms with Gasteiger partial charge in [0.2, 0.25) is 35.4 Å². The number of nitrogens with one attached hydrogen (secondary N) is 3. The van der Waals surface area contributed by atoms with Crippen molar-refractivity contribution in [1.29, 1.82) is 0 Å². The highest BCUT2D eigenvalue weighted by Gasteiger charge is 2.43. The van der Waals surface area contributed by atoms with Crippen LogP contribution in [0.3, 0.4) is 0 Å². The topological polar surface area (TPSA) is 175 Å². The third kappa shape index (κ3) is 10.8. The minimum absolute atomic E-state index is 0.0858. The molecule has 1 aromatic rings. The molecule has 16 heteroatoms. The van der Waals surface area contributed by atoms with E-state index in [1.807, 2.05) is 0 Å². The molecule has 3 saturated heterocycles. The van der Waals surface area contributed by atoms with Gasteiger partial charge in [-0.05, 0) is 69.6 Å². The zero-order valence-electron chi connectivity index (χ0n) is 32.7. The standard InChI is InChI=1S/C40H56F2N6O8/c1-24-37(52)48-18-10-15-33(48)40(55)56-23-31(38(53)47-17-9-14-32(47)39(54)46(3)25(2)35(50)43-24)45-36(51)30(21-27-19-28(41)22-29(42)20-27)44-34(49)16-8-7-13-26-11-5-4-6-12-26/h19-20,22,24-26,30-33H,4-18,21,23H2,1-3H3,(H,43,50)(H,44,49)(H,45,51)/t24-,25-,30-,31-,32-,33-/m0/s1. The van der Waals surface area contributed by atoms with Gasteiger partial charge in [-0.3, -0.25) is 28.8 Å². The third-order valence-electron chi connectivity index (χ3n) is 11.7. The number of carbonyl (C=O) groups excluding carboxylic acids is 7. The monoisotopic (exact) mass is 786 g/mol. The maximum absolute atomic E-state index is 14.3. The second kappa shape index (κ2) is 19.5. The van der Waals surface area contributed by atoms with Crippen LogP contribution in [0.4, 0.5) is 8.78 Å². The number of cyclic esters (lactones) is 1. The first kappa shape index (κ1) is 42.5. The lowest BCUT2D eigenvalue weighted by Gasteiger charge is -2.34. The van der Waals surface area contributed by atoms with E-state index in [0.29, 0.717) is 31.2 Å². The molecule has 3 heterocycles. The van der Waals surface area contributed by atoms with Crippen molar-refractivity contribution in [1.82, 2.24) is 30.7 Å². The fourth-order valence-corrected chi connectivity index (χ4v) is 8.35. The number of fused-ring (bicyclic) bond motifs is 2. The molecule has 56 heavy (non-hydrogen) atoms. The van der Waals surface area contributed by atoms with Gasteiger partial charge >= 0.3 is 5.97 Å². The van der Waals surface area contributed by atoms with Crippen LogP contribution in [0.1, 0.15) is 103 Å². The fraction of sp³-hybridized carbons (Fsp3) is 0.675. The number of ether oxygens (including phenoxy) is 1. The van der Waals surface area contributed by atoms with Gasteiger partial charge in [0.15, 0.2) is 0 Å². The molecule has 14 nitrogen and oxygen atoms in total. The van der Waals surface area contributed by atoms with E-state index in [1.165, 1.54) is 67.7 Å². The Kier molecular flexibility index (Phi) is 14.8. The van der Waals surface area contributed by atoms with E-state index in [4.69, 9.17) is 4.74 Å². The summed E-state index contributed by atoms with van der Waals surface area (Å²) in [7, 11) is 1.43. The highest BCUT2D eigenvalue weighted by Crippen LogP contribution is 2.28. The number of carbonyl (C=O) groups is 7. The molecule has 6 amide bonds. The minimum Gasteiger partial charge on any atom is -0.461 e. The zero-order valence-corrected chi connectivity index (χ0v) is 32.7. The van der Waals surface area contributed by atoms with Gasteiger partial charge in [0.05, 0.1) is 0 Å². The maximum atomic E-state index is 14.3. The summed E-state index contributed by atoms with van der Waals surface area (Å²) in [5.41, 5.74) is 0.0858. The van der Waals surface area contributed by atoms with Crippen LogP contribution in [-0.4, -0.2) is 119 Å². The minimum atomic E-state index is -1.54. The summed E-state index contributed by atoms with van der Waals surface area (Å²) < 4.78 is 34.1. The first-order valence-corrected chi connectivity index (χ1v) is 20.1. The molecule has 3 N–H and O–H groups in total. The summed E-state index contributed by atoms with van der Waals surface area (Å²) in [4.78, 5) is 99.3. The third-order valence-corrected chi connectivity index (χ3v) is 11.7. The van der Waals surface area contributed by atoms with Crippen molar-refractivity contribution in [2.45, 2.75) is 140 Å². The molecule has 1 aromatic carbocycles. The van der Waals surface area contributed by atoms with E-state index in [0.717, 1.165) is 25.0 Å². The van der Waals surface area contributed by atoms with Gasteiger partial charge in [-0.1, -0.05) is 44.9 Å². The van der Waals surface area contributed by atoms with Crippen LogP contribution in [0.15, 0.2) is 18.2 Å². The van der Waals surface area contributed by atoms with Crippen molar-refractivity contribution in [3.8, 4) is 0 Å². The highest BCUT2D eigenvalue weighted by atomic mass is 19.1. The quantitative estimate of drug-likeness (QED) is 0.240. The van der Waals surface area contributed by atoms with Crippen LogP contribution in [0.25, 0.3) is 0 Å². The SMILES string of the molecule is C[C@@H]1NC(=O)[C@H](C)N(C)C(=O)[C@@H]2CCCN2C(=O)[C@@H](NC(=O)[C@H](Cc2cc(F)cc(F)c2)NC(=O)CCCCC2CCCCC2)COC(=O)[C@@H]2CCCN2C1=O. The normalized spacial score (nSPS) is 26.3. The molecule has 0 aromatic heterocycles. The summed E-state index contributed by atoms with van der Waals surface area (Å²) >= 11 is 0. The number of halogens is 2.